The van der Waals surface area contributed by atoms with Crippen LogP contribution in [0.2, 0.25) is 0 Å². The highest BCUT2D eigenvalue weighted by atomic mass is 16.5. The van der Waals surface area contributed by atoms with Crippen LogP contribution in [0, 0.1) is 0 Å². The third kappa shape index (κ3) is 5.47. The maximum absolute atomic E-state index is 12.0. The van der Waals surface area contributed by atoms with E-state index in [1.807, 2.05) is 0 Å². The van der Waals surface area contributed by atoms with E-state index in [9.17, 15) is 9.59 Å². The van der Waals surface area contributed by atoms with E-state index >= 15 is 0 Å². The van der Waals surface area contributed by atoms with Crippen molar-refractivity contribution in [2.24, 2.45) is 0 Å². The van der Waals surface area contributed by atoms with Crippen molar-refractivity contribution in [2.75, 3.05) is 45.8 Å². The molecule has 8 nitrogen and oxygen atoms in total. The Bertz CT molecular complexity index is 550. The van der Waals surface area contributed by atoms with E-state index in [0.717, 1.165) is 32.5 Å². The predicted molar refractivity (Wildman–Crippen MR) is 88.9 cm³/mol. The monoisotopic (exact) mass is 336 g/mol. The Labute approximate surface area is 141 Å². The summed E-state index contributed by atoms with van der Waals surface area (Å²) < 4.78 is 10.0. The SMILES string of the molecule is COCCN1CCC[C@@H](NC(=O)C(=O)Nc2ccc(OC)nc2)C1. The van der Waals surface area contributed by atoms with E-state index in [1.54, 1.807) is 19.2 Å². The van der Waals surface area contributed by atoms with E-state index in [4.69, 9.17) is 9.47 Å². The van der Waals surface area contributed by atoms with Gasteiger partial charge in [-0.2, -0.15) is 0 Å². The van der Waals surface area contributed by atoms with Crippen LogP contribution in [0.3, 0.4) is 0 Å². The number of pyridine rings is 1. The summed E-state index contributed by atoms with van der Waals surface area (Å²) in [5.74, 6) is -0.892. The maximum Gasteiger partial charge on any atom is 0.313 e. The molecule has 8 heteroatoms. The normalized spacial score (nSPS) is 18.0. The van der Waals surface area contributed by atoms with Gasteiger partial charge in [0.25, 0.3) is 0 Å². The van der Waals surface area contributed by atoms with Crippen LogP contribution >= 0.6 is 0 Å². The van der Waals surface area contributed by atoms with Crippen LogP contribution < -0.4 is 15.4 Å². The van der Waals surface area contributed by atoms with Gasteiger partial charge in [0.1, 0.15) is 0 Å². The van der Waals surface area contributed by atoms with Crippen LogP contribution in [0.25, 0.3) is 0 Å². The van der Waals surface area contributed by atoms with Crippen molar-refractivity contribution in [3.8, 4) is 5.88 Å². The van der Waals surface area contributed by atoms with Crippen LogP contribution in [0.15, 0.2) is 18.3 Å². The molecule has 2 amide bonds. The zero-order valence-corrected chi connectivity index (χ0v) is 14.1. The number of rotatable bonds is 6. The molecular weight excluding hydrogens is 312 g/mol. The molecule has 0 aliphatic carbocycles. The zero-order chi connectivity index (χ0) is 17.4. The number of methoxy groups -OCH3 is 2. The summed E-state index contributed by atoms with van der Waals surface area (Å²) in [7, 11) is 3.18. The van der Waals surface area contributed by atoms with Crippen LogP contribution in [-0.2, 0) is 14.3 Å². The smallest absolute Gasteiger partial charge is 0.313 e. The van der Waals surface area contributed by atoms with Crippen molar-refractivity contribution >= 4 is 17.5 Å². The average Bonchev–Trinajstić information content (AvgIpc) is 2.61. The van der Waals surface area contributed by atoms with Gasteiger partial charge in [-0.1, -0.05) is 0 Å². The molecule has 0 spiro atoms. The van der Waals surface area contributed by atoms with Crippen molar-refractivity contribution in [3.05, 3.63) is 18.3 Å². The van der Waals surface area contributed by atoms with Gasteiger partial charge in [-0.25, -0.2) is 4.98 Å². The molecule has 0 aromatic carbocycles. The van der Waals surface area contributed by atoms with Crippen molar-refractivity contribution in [1.29, 1.82) is 0 Å². The second kappa shape index (κ2) is 9.19. The molecule has 2 N–H and O–H groups in total. The van der Waals surface area contributed by atoms with E-state index in [0.29, 0.717) is 18.2 Å². The van der Waals surface area contributed by atoms with Gasteiger partial charge in [0, 0.05) is 32.3 Å². The molecular formula is C16H24N4O4. The lowest BCUT2D eigenvalue weighted by Gasteiger charge is -2.32. The fraction of sp³-hybridized carbons (Fsp3) is 0.562. The number of likely N-dealkylation sites (tertiary alicyclic amines) is 1. The number of hydrogen-bond acceptors (Lipinski definition) is 6. The minimum Gasteiger partial charge on any atom is -0.481 e. The van der Waals surface area contributed by atoms with Crippen molar-refractivity contribution in [2.45, 2.75) is 18.9 Å². The fourth-order valence-electron chi connectivity index (χ4n) is 2.61. The number of ether oxygens (including phenoxy) is 2. The van der Waals surface area contributed by atoms with Crippen LogP contribution in [0.1, 0.15) is 12.8 Å². The van der Waals surface area contributed by atoms with E-state index in [-0.39, 0.29) is 6.04 Å². The number of amides is 2. The number of piperidine rings is 1. The number of carbonyl (C=O) groups excluding carboxylic acids is 2. The van der Waals surface area contributed by atoms with Crippen LogP contribution in [-0.4, -0.2) is 68.2 Å². The molecule has 0 unspecified atom stereocenters. The highest BCUT2D eigenvalue weighted by molar-refractivity contribution is 6.39. The molecule has 2 heterocycles. The van der Waals surface area contributed by atoms with Gasteiger partial charge in [0.15, 0.2) is 0 Å². The fourth-order valence-corrected chi connectivity index (χ4v) is 2.61. The first kappa shape index (κ1) is 18.2. The van der Waals surface area contributed by atoms with Gasteiger partial charge in [-0.15, -0.1) is 0 Å². The molecule has 1 fully saturated rings. The molecule has 132 valence electrons. The zero-order valence-electron chi connectivity index (χ0n) is 14.1. The molecule has 0 saturated carbocycles. The minimum absolute atomic E-state index is 0.0251. The predicted octanol–water partition coefficient (Wildman–Crippen LogP) is 0.256. The average molecular weight is 336 g/mol. The summed E-state index contributed by atoms with van der Waals surface area (Å²) in [5.41, 5.74) is 0.446. The Hall–Kier alpha value is -2.19. The van der Waals surface area contributed by atoms with Crippen molar-refractivity contribution in [3.63, 3.8) is 0 Å². The lowest BCUT2D eigenvalue weighted by Crippen LogP contribution is -2.50. The highest BCUT2D eigenvalue weighted by Gasteiger charge is 2.23. The topological polar surface area (TPSA) is 92.8 Å². The molecule has 2 rings (SSSR count). The first-order chi connectivity index (χ1) is 11.6. The number of nitrogens with zero attached hydrogens (tertiary/aromatic N) is 2. The summed E-state index contributed by atoms with van der Waals surface area (Å²) >= 11 is 0. The summed E-state index contributed by atoms with van der Waals surface area (Å²) in [6.45, 7) is 3.20. The lowest BCUT2D eigenvalue weighted by molar-refractivity contribution is -0.136. The van der Waals surface area contributed by atoms with Crippen molar-refractivity contribution < 1.29 is 19.1 Å². The third-order valence-electron chi connectivity index (χ3n) is 3.86. The molecule has 1 saturated heterocycles. The Kier molecular flexibility index (Phi) is 6.95. The highest BCUT2D eigenvalue weighted by Crippen LogP contribution is 2.12. The summed E-state index contributed by atoms with van der Waals surface area (Å²) in [5, 5.41) is 5.31. The van der Waals surface area contributed by atoms with Gasteiger partial charge >= 0.3 is 11.8 Å². The van der Waals surface area contributed by atoms with E-state index < -0.39 is 11.8 Å². The second-order valence-corrected chi connectivity index (χ2v) is 5.65. The van der Waals surface area contributed by atoms with Gasteiger partial charge < -0.3 is 20.1 Å². The largest absolute Gasteiger partial charge is 0.481 e. The Morgan fingerprint density at radius 3 is 2.83 bits per heavy atom. The van der Waals surface area contributed by atoms with E-state index in [1.165, 1.54) is 13.3 Å². The van der Waals surface area contributed by atoms with Crippen LogP contribution in [0.4, 0.5) is 5.69 Å². The second-order valence-electron chi connectivity index (χ2n) is 5.65. The molecule has 1 atom stereocenters. The summed E-state index contributed by atoms with van der Waals surface area (Å²) in [6.07, 6.45) is 3.29. The first-order valence-electron chi connectivity index (χ1n) is 7.95. The van der Waals surface area contributed by atoms with Crippen LogP contribution in [0.5, 0.6) is 5.88 Å². The number of anilines is 1. The molecule has 0 radical (unpaired) electrons. The number of carbonyl (C=O) groups is 2. The van der Waals surface area contributed by atoms with E-state index in [2.05, 4.69) is 20.5 Å². The Morgan fingerprint density at radius 2 is 2.17 bits per heavy atom. The number of nitrogens with one attached hydrogen (secondary N) is 2. The minimum atomic E-state index is -0.698. The van der Waals surface area contributed by atoms with Gasteiger partial charge in [0.2, 0.25) is 5.88 Å². The van der Waals surface area contributed by atoms with Crippen molar-refractivity contribution in [1.82, 2.24) is 15.2 Å². The molecule has 1 aliphatic heterocycles. The summed E-state index contributed by atoms with van der Waals surface area (Å²) in [4.78, 5) is 30.2. The Morgan fingerprint density at radius 1 is 1.33 bits per heavy atom. The standard InChI is InChI=1S/C16H24N4O4/c1-23-9-8-20-7-3-4-13(11-20)19-16(22)15(21)18-12-5-6-14(24-2)17-10-12/h5-6,10,13H,3-4,7-9,11H2,1-2H3,(H,18,21)(H,19,22)/t13-/m1/s1. The third-order valence-corrected chi connectivity index (χ3v) is 3.86. The quantitative estimate of drug-likeness (QED) is 0.724. The summed E-state index contributed by atoms with van der Waals surface area (Å²) in [6, 6.07) is 3.22. The Balaban J connectivity index is 1.81. The van der Waals surface area contributed by atoms with Gasteiger partial charge in [-0.05, 0) is 25.5 Å². The number of hydrogen-bond donors (Lipinski definition) is 2. The molecule has 1 aromatic rings. The van der Waals surface area contributed by atoms with Gasteiger partial charge in [-0.3, -0.25) is 14.5 Å². The molecule has 24 heavy (non-hydrogen) atoms. The maximum atomic E-state index is 12.0. The molecule has 1 aliphatic rings. The molecule has 1 aromatic heterocycles. The molecule has 0 bridgehead atoms. The number of aromatic nitrogens is 1. The lowest BCUT2D eigenvalue weighted by atomic mass is 10.1. The first-order valence-corrected chi connectivity index (χ1v) is 7.95. The van der Waals surface area contributed by atoms with Gasteiger partial charge in [0.05, 0.1) is 25.6 Å².